The summed E-state index contributed by atoms with van der Waals surface area (Å²) in [6.07, 6.45) is 2.68. The molecule has 0 aromatic carbocycles. The Bertz CT molecular complexity index is 924. The van der Waals surface area contributed by atoms with Crippen LogP contribution in [0.1, 0.15) is 26.5 Å². The number of ether oxygens (including phenoxy) is 1. The first-order valence-corrected chi connectivity index (χ1v) is 9.71. The number of nitrogens with one attached hydrogen (secondary N) is 1. The average molecular weight is 437 g/mol. The predicted octanol–water partition coefficient (Wildman–Crippen LogP) is -2.74. The molecule has 0 spiro atoms. The summed E-state index contributed by atoms with van der Waals surface area (Å²) in [6.45, 7) is 5.78. The van der Waals surface area contributed by atoms with Gasteiger partial charge in [0.1, 0.15) is 11.6 Å². The number of hydrogen-bond donors (Lipinski definition) is 1. The van der Waals surface area contributed by atoms with E-state index >= 15 is 0 Å². The first-order valence-electron chi connectivity index (χ1n) is 8.37. The molecule has 29 heavy (non-hydrogen) atoms. The SMILES string of the molecule is CC(C)(C)OC(=O)NCc1ccn(C2=CC3CN(C2)C(=O)N3OS(=O)(=O)[O-])n1.[Na+]. The molecule has 3 rings (SSSR count). The summed E-state index contributed by atoms with van der Waals surface area (Å²) in [6, 6.07) is 0.240. The number of aromatic nitrogens is 2. The van der Waals surface area contributed by atoms with Crippen LogP contribution in [0.2, 0.25) is 0 Å². The molecule has 2 aliphatic rings. The smallest absolute Gasteiger partial charge is 0.724 e. The van der Waals surface area contributed by atoms with Crippen molar-refractivity contribution in [1.29, 1.82) is 0 Å². The summed E-state index contributed by atoms with van der Waals surface area (Å²) < 4.78 is 43.3. The number of rotatable bonds is 5. The average Bonchev–Trinajstić information content (AvgIpc) is 3.10. The van der Waals surface area contributed by atoms with E-state index in [1.807, 2.05) is 0 Å². The molecule has 1 saturated heterocycles. The quantitative estimate of drug-likeness (QED) is 0.297. The molecule has 14 heteroatoms. The maximum Gasteiger partial charge on any atom is 1.00 e. The maximum absolute atomic E-state index is 12.1. The van der Waals surface area contributed by atoms with Crippen LogP contribution in [-0.4, -0.2) is 69.6 Å². The normalized spacial score (nSPS) is 19.0. The predicted molar refractivity (Wildman–Crippen MR) is 93.0 cm³/mol. The van der Waals surface area contributed by atoms with Gasteiger partial charge in [0.05, 0.1) is 24.5 Å². The van der Waals surface area contributed by atoms with Crippen molar-refractivity contribution >= 4 is 28.2 Å². The molecule has 3 heterocycles. The topological polar surface area (TPSA) is 146 Å². The van der Waals surface area contributed by atoms with Gasteiger partial charge in [0.2, 0.25) is 10.4 Å². The Hall–Kier alpha value is -1.64. The van der Waals surface area contributed by atoms with E-state index in [4.69, 9.17) is 4.74 Å². The Morgan fingerprint density at radius 3 is 2.72 bits per heavy atom. The molecular formula is C15H20N5NaO7S. The van der Waals surface area contributed by atoms with Crippen LogP contribution in [0.5, 0.6) is 0 Å². The van der Waals surface area contributed by atoms with Crippen molar-refractivity contribution in [2.24, 2.45) is 0 Å². The van der Waals surface area contributed by atoms with Gasteiger partial charge in [-0.1, -0.05) is 0 Å². The van der Waals surface area contributed by atoms with E-state index in [2.05, 4.69) is 14.7 Å². The maximum atomic E-state index is 12.1. The summed E-state index contributed by atoms with van der Waals surface area (Å²) in [4.78, 5) is 25.2. The molecular weight excluding hydrogens is 417 g/mol. The minimum atomic E-state index is -5.06. The van der Waals surface area contributed by atoms with Crippen molar-refractivity contribution in [2.45, 2.75) is 39.0 Å². The van der Waals surface area contributed by atoms with Crippen molar-refractivity contribution in [3.8, 4) is 0 Å². The van der Waals surface area contributed by atoms with Crippen LogP contribution in [0.15, 0.2) is 18.3 Å². The van der Waals surface area contributed by atoms with E-state index in [0.29, 0.717) is 16.5 Å². The fourth-order valence-corrected chi connectivity index (χ4v) is 3.18. The molecule has 0 radical (unpaired) electrons. The molecule has 154 valence electrons. The number of hydroxylamine groups is 2. The van der Waals surface area contributed by atoms with E-state index < -0.39 is 34.2 Å². The summed E-state index contributed by atoms with van der Waals surface area (Å²) in [5.41, 5.74) is 0.547. The fraction of sp³-hybridized carbons (Fsp3) is 0.533. The van der Waals surface area contributed by atoms with Gasteiger partial charge in [0, 0.05) is 12.7 Å². The van der Waals surface area contributed by atoms with Crippen molar-refractivity contribution < 1.29 is 61.1 Å². The Morgan fingerprint density at radius 2 is 2.10 bits per heavy atom. The molecule has 0 aliphatic carbocycles. The largest absolute Gasteiger partial charge is 1.00 e. The molecule has 1 aromatic heterocycles. The third-order valence-corrected chi connectivity index (χ3v) is 4.17. The summed E-state index contributed by atoms with van der Waals surface area (Å²) in [5, 5.41) is 7.46. The number of carbonyl (C=O) groups excluding carboxylic acids is 2. The van der Waals surface area contributed by atoms with Gasteiger partial charge >= 0.3 is 41.7 Å². The third kappa shape index (κ3) is 6.17. The zero-order chi connectivity index (χ0) is 20.7. The van der Waals surface area contributed by atoms with Crippen LogP contribution in [0, 0.1) is 0 Å². The number of hydrogen-bond acceptors (Lipinski definition) is 8. The summed E-state index contributed by atoms with van der Waals surface area (Å²) in [5.74, 6) is 0. The van der Waals surface area contributed by atoms with Gasteiger partial charge in [0.25, 0.3) is 0 Å². The van der Waals surface area contributed by atoms with E-state index in [1.54, 1.807) is 39.1 Å². The van der Waals surface area contributed by atoms with Gasteiger partial charge in [-0.05, 0) is 32.9 Å². The molecule has 0 saturated carbocycles. The van der Waals surface area contributed by atoms with Crippen LogP contribution >= 0.6 is 0 Å². The van der Waals surface area contributed by atoms with E-state index in [-0.39, 0.29) is 49.2 Å². The first-order chi connectivity index (χ1) is 12.9. The Kier molecular flexibility index (Phi) is 7.02. The van der Waals surface area contributed by atoms with Crippen LogP contribution < -0.4 is 34.9 Å². The van der Waals surface area contributed by atoms with Crippen LogP contribution in [-0.2, 0) is 26.0 Å². The number of urea groups is 1. The van der Waals surface area contributed by atoms with Crippen LogP contribution in [0.25, 0.3) is 5.70 Å². The zero-order valence-corrected chi connectivity index (χ0v) is 19.3. The first kappa shape index (κ1) is 23.6. The Labute approximate surface area is 190 Å². The summed E-state index contributed by atoms with van der Waals surface area (Å²) in [7, 11) is -5.06. The summed E-state index contributed by atoms with van der Waals surface area (Å²) >= 11 is 0. The Morgan fingerprint density at radius 1 is 1.41 bits per heavy atom. The van der Waals surface area contributed by atoms with Crippen LogP contribution in [0.3, 0.4) is 0 Å². The molecule has 12 nitrogen and oxygen atoms in total. The van der Waals surface area contributed by atoms with E-state index in [9.17, 15) is 22.6 Å². The molecule has 1 aromatic rings. The standard InChI is InChI=1S/C15H21N5O7S.Na/c1-15(2,3)26-13(21)16-7-10-4-5-19(17-10)11-6-12-9-18(8-11)14(22)20(12)27-28(23,24)25;/h4-6,12H,7-9H2,1-3H3,(H,16,21)(H,23,24,25);/q;+1/p-1. The molecule has 3 amide bonds. The second-order valence-electron chi connectivity index (χ2n) is 7.30. The van der Waals surface area contributed by atoms with Crippen molar-refractivity contribution in [3.63, 3.8) is 0 Å². The van der Waals surface area contributed by atoms with Crippen LogP contribution in [0.4, 0.5) is 9.59 Å². The number of carbonyl (C=O) groups is 2. The zero-order valence-electron chi connectivity index (χ0n) is 16.5. The van der Waals surface area contributed by atoms with Gasteiger partial charge in [-0.3, -0.25) is 0 Å². The van der Waals surface area contributed by atoms with Crippen molar-refractivity contribution in [3.05, 3.63) is 24.0 Å². The number of nitrogens with zero attached hydrogens (tertiary/aromatic N) is 4. The van der Waals surface area contributed by atoms with Gasteiger partial charge in [-0.2, -0.15) is 14.4 Å². The molecule has 1 atom stereocenters. The van der Waals surface area contributed by atoms with Crippen molar-refractivity contribution in [1.82, 2.24) is 25.1 Å². The second kappa shape index (κ2) is 8.62. The van der Waals surface area contributed by atoms with Crippen molar-refractivity contribution in [2.75, 3.05) is 13.1 Å². The monoisotopic (exact) mass is 437 g/mol. The molecule has 2 bridgehead atoms. The van der Waals surface area contributed by atoms with Gasteiger partial charge in [-0.25, -0.2) is 22.7 Å². The molecule has 1 unspecified atom stereocenters. The van der Waals surface area contributed by atoms with Gasteiger partial charge < -0.3 is 19.5 Å². The van der Waals surface area contributed by atoms with Gasteiger partial charge in [-0.15, -0.1) is 0 Å². The number of amides is 3. The van der Waals surface area contributed by atoms with Gasteiger partial charge in [0.15, 0.2) is 0 Å². The Balaban J connectivity index is 0.00000300. The fourth-order valence-electron chi connectivity index (χ4n) is 2.81. The van der Waals surface area contributed by atoms with E-state index in [0.717, 1.165) is 0 Å². The molecule has 2 aliphatic heterocycles. The molecule has 1 N–H and O–H groups in total. The minimum Gasteiger partial charge on any atom is -0.724 e. The molecule has 1 fully saturated rings. The minimum absolute atomic E-state index is 0. The second-order valence-corrected chi connectivity index (χ2v) is 8.27. The number of alkyl carbamates (subject to hydrolysis) is 1. The van der Waals surface area contributed by atoms with E-state index in [1.165, 1.54) is 9.58 Å². The third-order valence-electron chi connectivity index (χ3n) is 3.83. The number of fused-ring (bicyclic) bond motifs is 2.